The van der Waals surface area contributed by atoms with Crippen molar-refractivity contribution >= 4 is 0 Å². The molecule has 1 N–H and O–H groups in total. The highest BCUT2D eigenvalue weighted by atomic mass is 15.2. The van der Waals surface area contributed by atoms with E-state index in [1.54, 1.807) is 0 Å². The van der Waals surface area contributed by atoms with Crippen LogP contribution in [0.1, 0.15) is 6.92 Å². The smallest absolute Gasteiger partial charge is 0.0167 e. The number of hydrogen-bond acceptors (Lipinski definition) is 3. The zero-order chi connectivity index (χ0) is 8.97. The lowest BCUT2D eigenvalue weighted by Gasteiger charge is -2.32. The van der Waals surface area contributed by atoms with E-state index in [0.29, 0.717) is 6.04 Å². The summed E-state index contributed by atoms with van der Waals surface area (Å²) in [5.41, 5.74) is 0. The molecule has 1 fully saturated rings. The zero-order valence-corrected chi connectivity index (χ0v) is 8.51. The molecule has 0 aromatic rings. The van der Waals surface area contributed by atoms with Crippen molar-refractivity contribution in [3.63, 3.8) is 0 Å². The van der Waals surface area contributed by atoms with E-state index in [1.807, 2.05) is 0 Å². The van der Waals surface area contributed by atoms with Crippen molar-refractivity contribution in [2.24, 2.45) is 0 Å². The monoisotopic (exact) mass is 171 g/mol. The van der Waals surface area contributed by atoms with E-state index in [0.717, 1.165) is 6.54 Å². The normalized spacial score (nSPS) is 26.5. The van der Waals surface area contributed by atoms with Gasteiger partial charge in [0.25, 0.3) is 0 Å². The van der Waals surface area contributed by atoms with E-state index in [2.05, 4.69) is 36.1 Å². The number of likely N-dealkylation sites (N-methyl/N-ethyl adjacent to an activating group) is 1. The van der Waals surface area contributed by atoms with Crippen LogP contribution in [0.2, 0.25) is 0 Å². The van der Waals surface area contributed by atoms with Crippen molar-refractivity contribution in [2.75, 3.05) is 46.8 Å². The molecule has 1 saturated heterocycles. The molecule has 1 aliphatic rings. The van der Waals surface area contributed by atoms with E-state index < -0.39 is 0 Å². The van der Waals surface area contributed by atoms with E-state index >= 15 is 0 Å². The Morgan fingerprint density at radius 2 is 2.25 bits per heavy atom. The van der Waals surface area contributed by atoms with E-state index in [-0.39, 0.29) is 0 Å². The van der Waals surface area contributed by atoms with Crippen molar-refractivity contribution in [3.05, 3.63) is 0 Å². The molecule has 3 heteroatoms. The average Bonchev–Trinajstić information content (AvgIpc) is 2.01. The second-order valence-electron chi connectivity index (χ2n) is 3.96. The number of hydrogen-bond donors (Lipinski definition) is 1. The highest BCUT2D eigenvalue weighted by molar-refractivity contribution is 4.74. The summed E-state index contributed by atoms with van der Waals surface area (Å²) in [6.45, 7) is 8.19. The summed E-state index contributed by atoms with van der Waals surface area (Å²) in [4.78, 5) is 4.77. The Morgan fingerprint density at radius 3 is 2.83 bits per heavy atom. The topological polar surface area (TPSA) is 18.5 Å². The summed E-state index contributed by atoms with van der Waals surface area (Å²) in [5, 5.41) is 3.44. The van der Waals surface area contributed by atoms with Crippen LogP contribution < -0.4 is 5.32 Å². The summed E-state index contributed by atoms with van der Waals surface area (Å²) < 4.78 is 0. The second-order valence-corrected chi connectivity index (χ2v) is 3.96. The Morgan fingerprint density at radius 1 is 1.50 bits per heavy atom. The Kier molecular flexibility index (Phi) is 3.98. The number of nitrogens with one attached hydrogen (secondary N) is 1. The number of rotatable bonds is 3. The molecule has 1 aliphatic heterocycles. The molecule has 72 valence electrons. The first-order chi connectivity index (χ1) is 5.68. The van der Waals surface area contributed by atoms with Crippen LogP contribution >= 0.6 is 0 Å². The van der Waals surface area contributed by atoms with Crippen LogP contribution in [0.15, 0.2) is 0 Å². The highest BCUT2D eigenvalue weighted by Gasteiger charge is 2.14. The van der Waals surface area contributed by atoms with Gasteiger partial charge in [0.15, 0.2) is 0 Å². The minimum Gasteiger partial charge on any atom is -0.312 e. The molecule has 3 nitrogen and oxygen atoms in total. The summed E-state index contributed by atoms with van der Waals surface area (Å²) in [5.74, 6) is 0. The van der Waals surface area contributed by atoms with Gasteiger partial charge in [-0.25, -0.2) is 0 Å². The van der Waals surface area contributed by atoms with E-state index in [4.69, 9.17) is 0 Å². The summed E-state index contributed by atoms with van der Waals surface area (Å²) >= 11 is 0. The molecule has 0 bridgehead atoms. The molecular formula is C9H21N3. The molecule has 1 rings (SSSR count). The Bertz CT molecular complexity index is 125. The van der Waals surface area contributed by atoms with Crippen LogP contribution in [0.5, 0.6) is 0 Å². The molecule has 12 heavy (non-hydrogen) atoms. The lowest BCUT2D eigenvalue weighted by Crippen LogP contribution is -2.50. The highest BCUT2D eigenvalue weighted by Crippen LogP contribution is 1.97. The first-order valence-corrected chi connectivity index (χ1v) is 4.79. The van der Waals surface area contributed by atoms with Gasteiger partial charge < -0.3 is 10.2 Å². The Labute approximate surface area is 75.7 Å². The molecular weight excluding hydrogens is 150 g/mol. The standard InChI is InChI=1S/C9H21N3/c1-9-8-12(5-4-10-9)7-6-11(2)3/h9-10H,4-8H2,1-3H3/t9-/m0/s1. The van der Waals surface area contributed by atoms with Crippen molar-refractivity contribution in [1.29, 1.82) is 0 Å². The van der Waals surface area contributed by atoms with E-state index in [1.165, 1.54) is 26.2 Å². The molecule has 0 amide bonds. The van der Waals surface area contributed by atoms with Gasteiger partial charge in [-0.05, 0) is 21.0 Å². The van der Waals surface area contributed by atoms with Gasteiger partial charge in [0, 0.05) is 38.8 Å². The minimum absolute atomic E-state index is 0.668. The van der Waals surface area contributed by atoms with Crippen molar-refractivity contribution < 1.29 is 0 Å². The maximum atomic E-state index is 3.44. The van der Waals surface area contributed by atoms with Crippen LogP contribution in [0, 0.1) is 0 Å². The first kappa shape index (κ1) is 9.96. The molecule has 0 unspecified atom stereocenters. The van der Waals surface area contributed by atoms with E-state index in [9.17, 15) is 0 Å². The largest absolute Gasteiger partial charge is 0.312 e. The van der Waals surface area contributed by atoms with Crippen LogP contribution in [-0.2, 0) is 0 Å². The van der Waals surface area contributed by atoms with Gasteiger partial charge in [-0.1, -0.05) is 0 Å². The summed E-state index contributed by atoms with van der Waals surface area (Å²) in [7, 11) is 4.26. The maximum Gasteiger partial charge on any atom is 0.0167 e. The molecule has 0 aromatic heterocycles. The third kappa shape index (κ3) is 3.52. The molecule has 0 radical (unpaired) electrons. The second kappa shape index (κ2) is 4.80. The average molecular weight is 171 g/mol. The lowest BCUT2D eigenvalue weighted by molar-refractivity contribution is 0.189. The van der Waals surface area contributed by atoms with Crippen LogP contribution in [0.4, 0.5) is 0 Å². The molecule has 0 aliphatic carbocycles. The van der Waals surface area contributed by atoms with Gasteiger partial charge in [0.1, 0.15) is 0 Å². The summed E-state index contributed by atoms with van der Waals surface area (Å²) in [6.07, 6.45) is 0. The van der Waals surface area contributed by atoms with Gasteiger partial charge >= 0.3 is 0 Å². The molecule has 1 atom stereocenters. The van der Waals surface area contributed by atoms with Crippen molar-refractivity contribution in [2.45, 2.75) is 13.0 Å². The van der Waals surface area contributed by atoms with Crippen molar-refractivity contribution in [1.82, 2.24) is 15.1 Å². The third-order valence-electron chi connectivity index (χ3n) is 2.32. The first-order valence-electron chi connectivity index (χ1n) is 4.79. The van der Waals surface area contributed by atoms with Crippen molar-refractivity contribution in [3.8, 4) is 0 Å². The predicted molar refractivity (Wildman–Crippen MR) is 52.5 cm³/mol. The van der Waals surface area contributed by atoms with Crippen LogP contribution in [0.3, 0.4) is 0 Å². The maximum absolute atomic E-state index is 3.44. The lowest BCUT2D eigenvalue weighted by atomic mass is 10.2. The SMILES string of the molecule is C[C@H]1CN(CCN(C)C)CCN1. The Balaban J connectivity index is 2.14. The van der Waals surface area contributed by atoms with Gasteiger partial charge in [0.2, 0.25) is 0 Å². The Hall–Kier alpha value is -0.120. The van der Waals surface area contributed by atoms with Gasteiger partial charge in [-0.3, -0.25) is 4.90 Å². The fraction of sp³-hybridized carbons (Fsp3) is 1.00. The van der Waals surface area contributed by atoms with Gasteiger partial charge in [-0.15, -0.1) is 0 Å². The number of nitrogens with zero attached hydrogens (tertiary/aromatic N) is 2. The third-order valence-corrected chi connectivity index (χ3v) is 2.32. The fourth-order valence-corrected chi connectivity index (χ4v) is 1.56. The van der Waals surface area contributed by atoms with Crippen LogP contribution in [-0.4, -0.2) is 62.7 Å². The fourth-order valence-electron chi connectivity index (χ4n) is 1.56. The molecule has 0 aromatic carbocycles. The van der Waals surface area contributed by atoms with Gasteiger partial charge in [-0.2, -0.15) is 0 Å². The molecule has 1 heterocycles. The minimum atomic E-state index is 0.668. The number of piperazine rings is 1. The van der Waals surface area contributed by atoms with Gasteiger partial charge in [0.05, 0.1) is 0 Å². The predicted octanol–water partition coefficient (Wildman–Crippen LogP) is -0.158. The molecule has 0 saturated carbocycles. The zero-order valence-electron chi connectivity index (χ0n) is 8.51. The quantitative estimate of drug-likeness (QED) is 0.637. The molecule has 0 spiro atoms. The van der Waals surface area contributed by atoms with Crippen LogP contribution in [0.25, 0.3) is 0 Å². The summed E-state index contributed by atoms with van der Waals surface area (Å²) in [6, 6.07) is 0.668.